The van der Waals surface area contributed by atoms with Crippen LogP contribution in [0.1, 0.15) is 18.4 Å². The van der Waals surface area contributed by atoms with E-state index in [0.717, 1.165) is 29.8 Å². The van der Waals surface area contributed by atoms with Crippen molar-refractivity contribution in [3.63, 3.8) is 0 Å². The Morgan fingerprint density at radius 3 is 3.21 bits per heavy atom. The first-order valence-corrected chi connectivity index (χ1v) is 4.71. The van der Waals surface area contributed by atoms with E-state index in [0.29, 0.717) is 6.42 Å². The largest absolute Gasteiger partial charge is 0.489 e. The molecule has 1 aromatic carbocycles. The summed E-state index contributed by atoms with van der Waals surface area (Å²) >= 11 is 0. The van der Waals surface area contributed by atoms with Crippen molar-refractivity contribution in [1.82, 2.24) is 0 Å². The fourth-order valence-electron chi connectivity index (χ4n) is 1.71. The molecule has 14 heavy (non-hydrogen) atoms. The third-order valence-electron chi connectivity index (χ3n) is 2.43. The van der Waals surface area contributed by atoms with E-state index in [-0.39, 0.29) is 6.10 Å². The lowest BCUT2D eigenvalue weighted by molar-refractivity contribution is 0.178. The zero-order valence-corrected chi connectivity index (χ0v) is 7.86. The molecule has 72 valence electrons. The van der Waals surface area contributed by atoms with Crippen LogP contribution in [-0.4, -0.2) is 6.10 Å². The average molecular weight is 188 g/mol. The van der Waals surface area contributed by atoms with Crippen LogP contribution in [0, 0.1) is 11.3 Å². The molecule has 1 atom stereocenters. The van der Waals surface area contributed by atoms with Crippen molar-refractivity contribution in [3.8, 4) is 11.8 Å². The maximum atomic E-state index is 8.56. The molecule has 1 aliphatic heterocycles. The van der Waals surface area contributed by atoms with Gasteiger partial charge in [-0.2, -0.15) is 5.26 Å². The highest BCUT2D eigenvalue weighted by Crippen LogP contribution is 2.29. The van der Waals surface area contributed by atoms with Gasteiger partial charge in [0.05, 0.1) is 12.5 Å². The molecule has 0 aromatic heterocycles. The molecule has 0 fully saturated rings. The Labute approximate surface area is 83.1 Å². The average Bonchev–Trinajstić information content (AvgIpc) is 2.19. The summed E-state index contributed by atoms with van der Waals surface area (Å²) in [5.41, 5.74) is 7.59. The van der Waals surface area contributed by atoms with Gasteiger partial charge in [-0.15, -0.1) is 0 Å². The third kappa shape index (κ3) is 1.64. The molecule has 1 aliphatic rings. The standard InChI is InChI=1S/C11H12N2O/c12-6-5-10-3-1-8-7-9(13)2-4-11(8)14-10/h2,4,7,10H,1,3,5,13H2. The minimum Gasteiger partial charge on any atom is -0.489 e. The van der Waals surface area contributed by atoms with E-state index in [1.807, 2.05) is 18.2 Å². The lowest BCUT2D eigenvalue weighted by Crippen LogP contribution is -2.22. The Kier molecular flexibility index (Phi) is 2.28. The normalized spacial score (nSPS) is 19.2. The summed E-state index contributed by atoms with van der Waals surface area (Å²) in [5, 5.41) is 8.56. The first kappa shape index (κ1) is 8.89. The molecule has 1 unspecified atom stereocenters. The van der Waals surface area contributed by atoms with Gasteiger partial charge in [0.15, 0.2) is 0 Å². The maximum absolute atomic E-state index is 8.56. The monoisotopic (exact) mass is 188 g/mol. The number of aryl methyl sites for hydroxylation is 1. The molecule has 3 heteroatoms. The first-order valence-electron chi connectivity index (χ1n) is 4.71. The Morgan fingerprint density at radius 1 is 1.57 bits per heavy atom. The number of hydrogen-bond acceptors (Lipinski definition) is 3. The number of nitrogens with zero attached hydrogens (tertiary/aromatic N) is 1. The molecule has 2 N–H and O–H groups in total. The van der Waals surface area contributed by atoms with Crippen LogP contribution in [0.3, 0.4) is 0 Å². The quantitative estimate of drug-likeness (QED) is 0.684. The van der Waals surface area contributed by atoms with E-state index < -0.39 is 0 Å². The van der Waals surface area contributed by atoms with Gasteiger partial charge in [-0.25, -0.2) is 0 Å². The fraction of sp³-hybridized carbons (Fsp3) is 0.364. The van der Waals surface area contributed by atoms with Crippen molar-refractivity contribution in [3.05, 3.63) is 23.8 Å². The SMILES string of the molecule is N#CCC1CCc2cc(N)ccc2O1. The number of nitrogen functional groups attached to an aromatic ring is 1. The van der Waals surface area contributed by atoms with Gasteiger partial charge in [-0.1, -0.05) is 0 Å². The Hall–Kier alpha value is -1.69. The predicted molar refractivity (Wildman–Crippen MR) is 53.8 cm³/mol. The predicted octanol–water partition coefficient (Wildman–Crippen LogP) is 1.88. The van der Waals surface area contributed by atoms with Gasteiger partial charge in [0, 0.05) is 5.69 Å². The number of ether oxygens (including phenoxy) is 1. The van der Waals surface area contributed by atoms with Crippen LogP contribution in [-0.2, 0) is 6.42 Å². The first-order chi connectivity index (χ1) is 6.79. The highest BCUT2D eigenvalue weighted by Gasteiger charge is 2.19. The van der Waals surface area contributed by atoms with Crippen LogP contribution in [0.25, 0.3) is 0 Å². The molecule has 0 saturated heterocycles. The van der Waals surface area contributed by atoms with Crippen LogP contribution in [0.4, 0.5) is 5.69 Å². The molecular formula is C11H12N2O. The smallest absolute Gasteiger partial charge is 0.123 e. The second-order valence-corrected chi connectivity index (χ2v) is 3.51. The van der Waals surface area contributed by atoms with Crippen LogP contribution in [0.5, 0.6) is 5.75 Å². The van der Waals surface area contributed by atoms with Gasteiger partial charge < -0.3 is 10.5 Å². The van der Waals surface area contributed by atoms with Crippen molar-refractivity contribution in [2.75, 3.05) is 5.73 Å². The van der Waals surface area contributed by atoms with E-state index in [1.54, 1.807) is 0 Å². The van der Waals surface area contributed by atoms with Crippen molar-refractivity contribution < 1.29 is 4.74 Å². The summed E-state index contributed by atoms with van der Waals surface area (Å²) in [6, 6.07) is 7.78. The van der Waals surface area contributed by atoms with Gasteiger partial charge in [-0.3, -0.25) is 0 Å². The molecule has 0 spiro atoms. The number of rotatable bonds is 1. The summed E-state index contributed by atoms with van der Waals surface area (Å²) < 4.78 is 5.65. The summed E-state index contributed by atoms with van der Waals surface area (Å²) in [4.78, 5) is 0. The van der Waals surface area contributed by atoms with E-state index in [4.69, 9.17) is 15.7 Å². The van der Waals surface area contributed by atoms with E-state index in [9.17, 15) is 0 Å². The van der Waals surface area contributed by atoms with Gasteiger partial charge in [0.1, 0.15) is 11.9 Å². The van der Waals surface area contributed by atoms with Gasteiger partial charge >= 0.3 is 0 Å². The van der Waals surface area contributed by atoms with E-state index in [1.165, 1.54) is 0 Å². The van der Waals surface area contributed by atoms with Crippen LogP contribution in [0.2, 0.25) is 0 Å². The number of nitriles is 1. The summed E-state index contributed by atoms with van der Waals surface area (Å²) in [5.74, 6) is 0.880. The summed E-state index contributed by atoms with van der Waals surface area (Å²) in [6.45, 7) is 0. The lowest BCUT2D eigenvalue weighted by Gasteiger charge is -2.24. The molecule has 0 radical (unpaired) electrons. The van der Waals surface area contributed by atoms with Crippen molar-refractivity contribution in [1.29, 1.82) is 5.26 Å². The highest BCUT2D eigenvalue weighted by molar-refractivity contribution is 5.48. The Balaban J connectivity index is 2.20. The third-order valence-corrected chi connectivity index (χ3v) is 2.43. The second kappa shape index (κ2) is 3.59. The van der Waals surface area contributed by atoms with Gasteiger partial charge in [0.25, 0.3) is 0 Å². The zero-order valence-electron chi connectivity index (χ0n) is 7.86. The fourth-order valence-corrected chi connectivity index (χ4v) is 1.71. The molecule has 0 amide bonds. The lowest BCUT2D eigenvalue weighted by atomic mass is 10.0. The van der Waals surface area contributed by atoms with E-state index >= 15 is 0 Å². The maximum Gasteiger partial charge on any atom is 0.123 e. The van der Waals surface area contributed by atoms with E-state index in [2.05, 4.69) is 6.07 Å². The Bertz CT molecular complexity index is 381. The summed E-state index contributed by atoms with van der Waals surface area (Å²) in [6.07, 6.45) is 2.37. The molecule has 1 heterocycles. The molecule has 0 bridgehead atoms. The number of fused-ring (bicyclic) bond motifs is 1. The molecule has 0 saturated carbocycles. The molecular weight excluding hydrogens is 176 g/mol. The van der Waals surface area contributed by atoms with Crippen molar-refractivity contribution >= 4 is 5.69 Å². The molecule has 1 aromatic rings. The topological polar surface area (TPSA) is 59.0 Å². The molecule has 3 nitrogen and oxygen atoms in total. The van der Waals surface area contributed by atoms with Crippen molar-refractivity contribution in [2.45, 2.75) is 25.4 Å². The van der Waals surface area contributed by atoms with Crippen LogP contribution >= 0.6 is 0 Å². The number of anilines is 1. The number of benzene rings is 1. The zero-order chi connectivity index (χ0) is 9.97. The number of nitrogens with two attached hydrogens (primary N) is 1. The number of hydrogen-bond donors (Lipinski definition) is 1. The summed E-state index contributed by atoms with van der Waals surface area (Å²) in [7, 11) is 0. The van der Waals surface area contributed by atoms with Crippen molar-refractivity contribution in [2.24, 2.45) is 0 Å². The minimum atomic E-state index is 0.0520. The van der Waals surface area contributed by atoms with Gasteiger partial charge in [-0.05, 0) is 36.6 Å². The second-order valence-electron chi connectivity index (χ2n) is 3.51. The molecule has 2 rings (SSSR count). The van der Waals surface area contributed by atoms with Gasteiger partial charge in [0.2, 0.25) is 0 Å². The molecule has 0 aliphatic carbocycles. The van der Waals surface area contributed by atoms with Crippen LogP contribution < -0.4 is 10.5 Å². The highest BCUT2D eigenvalue weighted by atomic mass is 16.5. The Morgan fingerprint density at radius 2 is 2.43 bits per heavy atom. The van der Waals surface area contributed by atoms with Crippen LogP contribution in [0.15, 0.2) is 18.2 Å². The minimum absolute atomic E-state index is 0.0520.